The molecule has 1 heterocycles. The fourth-order valence-corrected chi connectivity index (χ4v) is 1.63. The van der Waals surface area contributed by atoms with Gasteiger partial charge in [-0.05, 0) is 0 Å². The lowest BCUT2D eigenvalue weighted by molar-refractivity contribution is -0.139. The maximum Gasteiger partial charge on any atom is 0.320 e. The van der Waals surface area contributed by atoms with E-state index in [-0.39, 0.29) is 4.05 Å². The van der Waals surface area contributed by atoms with Gasteiger partial charge in [0.15, 0.2) is 0 Å². The predicted octanol–water partition coefficient (Wildman–Crippen LogP) is -0.445. The van der Waals surface area contributed by atoms with Crippen LogP contribution in [-0.4, -0.2) is 32.4 Å². The molecule has 10 heavy (non-hydrogen) atoms. The Hall–Kier alpha value is 0.120. The fourth-order valence-electron chi connectivity index (χ4n) is 0.904. The molecule has 4 nitrogen and oxygen atoms in total. The van der Waals surface area contributed by atoms with Crippen LogP contribution in [0.2, 0.25) is 0 Å². The second-order valence-corrected chi connectivity index (χ2v) is 3.60. The Kier molecular flexibility index (Phi) is 2.48. The topological polar surface area (TPSA) is 69.6 Å². The third-order valence-corrected chi connectivity index (χ3v) is 2.66. The quantitative estimate of drug-likeness (QED) is 0.338. The summed E-state index contributed by atoms with van der Waals surface area (Å²) in [6, 6.07) is -0.572. The van der Waals surface area contributed by atoms with Gasteiger partial charge in [-0.1, -0.05) is 22.6 Å². The monoisotopic (exact) mass is 257 g/mol. The highest BCUT2D eigenvalue weighted by molar-refractivity contribution is 14.1. The van der Waals surface area contributed by atoms with E-state index in [0.717, 1.165) is 0 Å². The van der Waals surface area contributed by atoms with Gasteiger partial charge < -0.3 is 10.2 Å². The van der Waals surface area contributed by atoms with E-state index in [1.165, 1.54) is 0 Å². The van der Waals surface area contributed by atoms with E-state index < -0.39 is 18.1 Å². The van der Waals surface area contributed by atoms with E-state index in [1.54, 1.807) is 0 Å². The Balaban J connectivity index is 2.49. The summed E-state index contributed by atoms with van der Waals surface area (Å²) in [7, 11) is 0. The summed E-state index contributed by atoms with van der Waals surface area (Å²) < 4.78 is -0.126. The van der Waals surface area contributed by atoms with Crippen molar-refractivity contribution in [3.8, 4) is 0 Å². The summed E-state index contributed by atoms with van der Waals surface area (Å²) in [6.07, 6.45) is -0.218. The van der Waals surface area contributed by atoms with Crippen LogP contribution in [0.3, 0.4) is 0 Å². The van der Waals surface area contributed by atoms with E-state index in [9.17, 15) is 4.79 Å². The summed E-state index contributed by atoms with van der Waals surface area (Å²) in [6.45, 7) is 0. The van der Waals surface area contributed by atoms with Gasteiger partial charge in [0, 0.05) is 6.42 Å². The van der Waals surface area contributed by atoms with Crippen molar-refractivity contribution in [1.29, 1.82) is 0 Å². The number of hydrogen-bond acceptors (Lipinski definition) is 3. The van der Waals surface area contributed by atoms with Crippen LogP contribution in [-0.2, 0) is 4.79 Å². The molecule has 0 spiro atoms. The van der Waals surface area contributed by atoms with E-state index in [0.29, 0.717) is 6.42 Å². The molecule has 3 N–H and O–H groups in total. The van der Waals surface area contributed by atoms with Gasteiger partial charge in [0.2, 0.25) is 0 Å². The first-order valence-electron chi connectivity index (χ1n) is 2.92. The zero-order valence-electron chi connectivity index (χ0n) is 5.12. The first-order chi connectivity index (χ1) is 4.61. The number of nitrogens with one attached hydrogen (secondary N) is 1. The third-order valence-electron chi connectivity index (χ3n) is 1.47. The van der Waals surface area contributed by atoms with Crippen LogP contribution in [0.5, 0.6) is 0 Å². The molecule has 0 saturated carbocycles. The van der Waals surface area contributed by atoms with Gasteiger partial charge >= 0.3 is 5.97 Å². The number of aliphatic hydroxyl groups excluding tert-OH is 1. The Bertz CT molecular complexity index is 142. The van der Waals surface area contributed by atoms with Crippen LogP contribution >= 0.6 is 22.6 Å². The summed E-state index contributed by atoms with van der Waals surface area (Å²) in [5.41, 5.74) is 0. The van der Waals surface area contributed by atoms with Crippen LogP contribution in [0, 0.1) is 0 Å². The molecule has 3 atom stereocenters. The standard InChI is InChI=1S/C5H8INO3/c6-4-3(8)1-2(7-4)5(9)10/h2-4,7-8H,1H2,(H,9,10)/t2-,3-,4-/m1/s1. The molecule has 1 saturated heterocycles. The van der Waals surface area contributed by atoms with Crippen molar-refractivity contribution >= 4 is 28.6 Å². The molecule has 1 rings (SSSR count). The summed E-state index contributed by atoms with van der Waals surface area (Å²) in [5, 5.41) is 20.3. The average molecular weight is 257 g/mol. The average Bonchev–Trinajstić information content (AvgIpc) is 2.13. The Morgan fingerprint density at radius 1 is 1.70 bits per heavy atom. The number of rotatable bonds is 1. The molecule has 0 unspecified atom stereocenters. The van der Waals surface area contributed by atoms with Gasteiger partial charge in [0.25, 0.3) is 0 Å². The van der Waals surface area contributed by atoms with Gasteiger partial charge in [0.1, 0.15) is 6.04 Å². The zero-order chi connectivity index (χ0) is 7.72. The minimum atomic E-state index is -0.891. The first kappa shape index (κ1) is 8.22. The van der Waals surface area contributed by atoms with Crippen molar-refractivity contribution in [2.75, 3.05) is 0 Å². The highest BCUT2D eigenvalue weighted by Crippen LogP contribution is 2.17. The number of halogens is 1. The largest absolute Gasteiger partial charge is 0.480 e. The second kappa shape index (κ2) is 3.02. The zero-order valence-corrected chi connectivity index (χ0v) is 7.28. The second-order valence-electron chi connectivity index (χ2n) is 2.26. The smallest absolute Gasteiger partial charge is 0.320 e. The van der Waals surface area contributed by atoms with Crippen LogP contribution in [0.4, 0.5) is 0 Å². The lowest BCUT2D eigenvalue weighted by atomic mass is 10.2. The maximum absolute atomic E-state index is 10.3. The van der Waals surface area contributed by atoms with E-state index in [4.69, 9.17) is 10.2 Å². The fraction of sp³-hybridized carbons (Fsp3) is 0.800. The van der Waals surface area contributed by atoms with Gasteiger partial charge in [-0.3, -0.25) is 10.1 Å². The number of carboxylic acid groups (broad SMARTS) is 1. The lowest BCUT2D eigenvalue weighted by Crippen LogP contribution is -2.33. The predicted molar refractivity (Wildman–Crippen MR) is 43.0 cm³/mol. The molecular formula is C5H8INO3. The van der Waals surface area contributed by atoms with Crippen molar-refractivity contribution in [3.63, 3.8) is 0 Å². The van der Waals surface area contributed by atoms with E-state index in [2.05, 4.69) is 5.32 Å². The van der Waals surface area contributed by atoms with Crippen molar-refractivity contribution in [2.24, 2.45) is 0 Å². The van der Waals surface area contributed by atoms with Crippen LogP contribution in [0.25, 0.3) is 0 Å². The molecule has 0 radical (unpaired) electrons. The molecule has 0 aliphatic carbocycles. The van der Waals surface area contributed by atoms with Crippen LogP contribution in [0.15, 0.2) is 0 Å². The molecule has 58 valence electrons. The highest BCUT2D eigenvalue weighted by Gasteiger charge is 2.34. The van der Waals surface area contributed by atoms with E-state index in [1.807, 2.05) is 22.6 Å². The van der Waals surface area contributed by atoms with Crippen LogP contribution in [0.1, 0.15) is 6.42 Å². The number of hydrogen-bond donors (Lipinski definition) is 3. The van der Waals surface area contributed by atoms with Crippen molar-refractivity contribution < 1.29 is 15.0 Å². The summed E-state index contributed by atoms with van der Waals surface area (Å²) in [5.74, 6) is -0.891. The number of carbonyl (C=O) groups is 1. The highest BCUT2D eigenvalue weighted by atomic mass is 127. The number of carboxylic acids is 1. The molecule has 0 aromatic carbocycles. The van der Waals surface area contributed by atoms with Crippen molar-refractivity contribution in [1.82, 2.24) is 5.32 Å². The SMILES string of the molecule is O=C(O)[C@H]1C[C@@H](O)[C@H](I)N1. The Morgan fingerprint density at radius 3 is 2.50 bits per heavy atom. The van der Waals surface area contributed by atoms with E-state index >= 15 is 0 Å². The lowest BCUT2D eigenvalue weighted by Gasteiger charge is -2.03. The Labute approximate surface area is 71.8 Å². The molecule has 1 aliphatic heterocycles. The summed E-state index contributed by atoms with van der Waals surface area (Å²) >= 11 is 1.98. The molecule has 0 amide bonds. The van der Waals surface area contributed by atoms with Gasteiger partial charge in [-0.15, -0.1) is 0 Å². The molecule has 1 aliphatic rings. The minimum absolute atomic E-state index is 0.126. The van der Waals surface area contributed by atoms with Crippen molar-refractivity contribution in [3.05, 3.63) is 0 Å². The molecule has 1 fully saturated rings. The normalized spacial score (nSPS) is 40.0. The molecule has 5 heteroatoms. The first-order valence-corrected chi connectivity index (χ1v) is 4.17. The van der Waals surface area contributed by atoms with Gasteiger partial charge in [-0.25, -0.2) is 0 Å². The molecule has 0 bridgehead atoms. The summed E-state index contributed by atoms with van der Waals surface area (Å²) in [4.78, 5) is 10.3. The Morgan fingerprint density at radius 2 is 2.30 bits per heavy atom. The molecule has 0 aromatic heterocycles. The third kappa shape index (κ3) is 1.58. The number of aliphatic carboxylic acids is 1. The maximum atomic E-state index is 10.3. The van der Waals surface area contributed by atoms with Crippen LogP contribution < -0.4 is 5.32 Å². The van der Waals surface area contributed by atoms with Gasteiger partial charge in [0.05, 0.1) is 10.2 Å². The molecule has 0 aromatic rings. The van der Waals surface area contributed by atoms with Crippen molar-refractivity contribution in [2.45, 2.75) is 22.6 Å². The molecular weight excluding hydrogens is 249 g/mol. The number of alkyl halides is 1. The van der Waals surface area contributed by atoms with Gasteiger partial charge in [-0.2, -0.15) is 0 Å². The number of aliphatic hydroxyl groups is 1. The minimum Gasteiger partial charge on any atom is -0.480 e.